The molecule has 1 aliphatic carbocycles. The number of carbonyl (C=O) groups is 2. The fourth-order valence-corrected chi connectivity index (χ4v) is 4.26. The largest absolute Gasteiger partial charge is 0.481 e. The molecule has 1 aromatic heterocycles. The van der Waals surface area contributed by atoms with E-state index in [0.29, 0.717) is 34.3 Å². The lowest BCUT2D eigenvalue weighted by molar-refractivity contribution is -0.150. The summed E-state index contributed by atoms with van der Waals surface area (Å²) in [5.41, 5.74) is 2.36. The van der Waals surface area contributed by atoms with Crippen LogP contribution in [0.1, 0.15) is 19.8 Å². The Kier molecular flexibility index (Phi) is 6.53. The number of amides is 1. The number of ether oxygens (including phenoxy) is 2. The Hall–Kier alpha value is -2.83. The monoisotopic (exact) mass is 472 g/mol. The van der Waals surface area contributed by atoms with E-state index in [2.05, 4.69) is 10.3 Å². The summed E-state index contributed by atoms with van der Waals surface area (Å²) >= 11 is 12.6. The molecule has 1 fully saturated rings. The van der Waals surface area contributed by atoms with Gasteiger partial charge in [-0.15, -0.1) is 0 Å². The molecular formula is C24H22Cl2N2O4. The van der Waals surface area contributed by atoms with Gasteiger partial charge in [-0.05, 0) is 49.6 Å². The first-order valence-electron chi connectivity index (χ1n) is 10.3. The first kappa shape index (κ1) is 22.4. The SMILES string of the molecule is COC(=O)C1CC(NC(=O)C(C)Oc2ccc3c(-c4ccccc4Cl)cc(Cl)nc3c2)C1. The first-order valence-corrected chi connectivity index (χ1v) is 11.0. The van der Waals surface area contributed by atoms with Gasteiger partial charge in [-0.3, -0.25) is 9.59 Å². The van der Waals surface area contributed by atoms with Gasteiger partial charge in [0, 0.05) is 28.1 Å². The van der Waals surface area contributed by atoms with Crippen molar-refractivity contribution in [1.29, 1.82) is 0 Å². The Morgan fingerprint density at radius 3 is 2.56 bits per heavy atom. The molecule has 0 saturated heterocycles. The zero-order valence-corrected chi connectivity index (χ0v) is 19.1. The number of nitrogens with one attached hydrogen (secondary N) is 1. The number of rotatable bonds is 6. The fraction of sp³-hybridized carbons (Fsp3) is 0.292. The van der Waals surface area contributed by atoms with Crippen LogP contribution in [0.3, 0.4) is 0 Å². The molecule has 0 aliphatic heterocycles. The molecule has 1 atom stereocenters. The fourth-order valence-electron chi connectivity index (χ4n) is 3.82. The van der Waals surface area contributed by atoms with Crippen molar-refractivity contribution in [1.82, 2.24) is 10.3 Å². The van der Waals surface area contributed by atoms with Crippen LogP contribution in [0.5, 0.6) is 5.75 Å². The van der Waals surface area contributed by atoms with Crippen molar-refractivity contribution in [2.45, 2.75) is 31.9 Å². The standard InChI is InChI=1S/C24H22Cl2N2O4/c1-13(23(29)27-15-9-14(10-15)24(30)31-2)32-16-7-8-18-19(12-22(26)28-21(18)11-16)17-5-3-4-6-20(17)25/h3-8,11-15H,9-10H2,1-2H3,(H,27,29). The van der Waals surface area contributed by atoms with Crippen LogP contribution < -0.4 is 10.1 Å². The number of benzene rings is 2. The van der Waals surface area contributed by atoms with Crippen LogP contribution in [0.2, 0.25) is 10.2 Å². The second-order valence-corrected chi connectivity index (χ2v) is 8.60. The molecular weight excluding hydrogens is 451 g/mol. The van der Waals surface area contributed by atoms with Crippen LogP contribution in [0.4, 0.5) is 0 Å². The average molecular weight is 473 g/mol. The van der Waals surface area contributed by atoms with Gasteiger partial charge in [0.2, 0.25) is 0 Å². The van der Waals surface area contributed by atoms with Crippen molar-refractivity contribution in [3.05, 3.63) is 58.7 Å². The van der Waals surface area contributed by atoms with Gasteiger partial charge in [0.1, 0.15) is 10.9 Å². The molecule has 0 radical (unpaired) electrons. The maximum Gasteiger partial charge on any atom is 0.308 e. The van der Waals surface area contributed by atoms with Crippen LogP contribution in [-0.4, -0.2) is 36.1 Å². The third kappa shape index (κ3) is 4.66. The van der Waals surface area contributed by atoms with Gasteiger partial charge in [-0.1, -0.05) is 41.4 Å². The van der Waals surface area contributed by atoms with Gasteiger partial charge in [-0.25, -0.2) is 4.98 Å². The Morgan fingerprint density at radius 1 is 1.09 bits per heavy atom. The lowest BCUT2D eigenvalue weighted by Crippen LogP contribution is -2.50. The number of halogens is 2. The molecule has 8 heteroatoms. The third-order valence-corrected chi connectivity index (χ3v) is 6.14. The molecule has 1 amide bonds. The number of aromatic nitrogens is 1. The molecule has 0 bridgehead atoms. The molecule has 3 aromatic rings. The highest BCUT2D eigenvalue weighted by atomic mass is 35.5. The van der Waals surface area contributed by atoms with Gasteiger partial charge in [0.15, 0.2) is 6.10 Å². The highest BCUT2D eigenvalue weighted by Crippen LogP contribution is 2.36. The van der Waals surface area contributed by atoms with Gasteiger partial charge in [-0.2, -0.15) is 0 Å². The Balaban J connectivity index is 1.48. The maximum absolute atomic E-state index is 12.5. The van der Waals surface area contributed by atoms with Crippen molar-refractivity contribution in [3.63, 3.8) is 0 Å². The predicted molar refractivity (Wildman–Crippen MR) is 124 cm³/mol. The third-order valence-electron chi connectivity index (χ3n) is 5.62. The molecule has 166 valence electrons. The maximum atomic E-state index is 12.5. The number of esters is 1. The van der Waals surface area contributed by atoms with Crippen molar-refractivity contribution in [2.24, 2.45) is 5.92 Å². The van der Waals surface area contributed by atoms with Gasteiger partial charge in [0.05, 0.1) is 18.5 Å². The number of pyridine rings is 1. The molecule has 6 nitrogen and oxygen atoms in total. The topological polar surface area (TPSA) is 77.5 Å². The molecule has 1 unspecified atom stereocenters. The first-order chi connectivity index (χ1) is 15.4. The van der Waals surface area contributed by atoms with Crippen LogP contribution in [-0.2, 0) is 14.3 Å². The molecule has 0 spiro atoms. The van der Waals surface area contributed by atoms with E-state index >= 15 is 0 Å². The highest BCUT2D eigenvalue weighted by molar-refractivity contribution is 6.34. The summed E-state index contributed by atoms with van der Waals surface area (Å²) in [6, 6.07) is 14.7. The average Bonchev–Trinajstić information content (AvgIpc) is 2.74. The quantitative estimate of drug-likeness (QED) is 0.401. The van der Waals surface area contributed by atoms with E-state index in [1.54, 1.807) is 25.1 Å². The number of methoxy groups -OCH3 is 1. The van der Waals surface area contributed by atoms with E-state index in [1.807, 2.05) is 30.3 Å². The molecule has 2 aromatic carbocycles. The zero-order valence-electron chi connectivity index (χ0n) is 17.6. The summed E-state index contributed by atoms with van der Waals surface area (Å²) in [5, 5.41) is 4.73. The van der Waals surface area contributed by atoms with Crippen LogP contribution in [0, 0.1) is 5.92 Å². The van der Waals surface area contributed by atoms with Gasteiger partial charge >= 0.3 is 5.97 Å². The summed E-state index contributed by atoms with van der Waals surface area (Å²) < 4.78 is 10.6. The smallest absolute Gasteiger partial charge is 0.308 e. The van der Waals surface area contributed by atoms with Gasteiger partial charge < -0.3 is 14.8 Å². The van der Waals surface area contributed by atoms with Crippen LogP contribution in [0.15, 0.2) is 48.5 Å². The van der Waals surface area contributed by atoms with Crippen molar-refractivity contribution in [2.75, 3.05) is 7.11 Å². The zero-order chi connectivity index (χ0) is 22.8. The minimum atomic E-state index is -0.716. The van der Waals surface area contributed by atoms with E-state index in [-0.39, 0.29) is 23.8 Å². The second-order valence-electron chi connectivity index (χ2n) is 7.81. The van der Waals surface area contributed by atoms with Crippen molar-refractivity contribution < 1.29 is 19.1 Å². The molecule has 4 rings (SSSR count). The van der Waals surface area contributed by atoms with Crippen molar-refractivity contribution >= 4 is 46.0 Å². The van der Waals surface area contributed by atoms with Crippen LogP contribution >= 0.6 is 23.2 Å². The van der Waals surface area contributed by atoms with Gasteiger partial charge in [0.25, 0.3) is 5.91 Å². The normalized spacial score (nSPS) is 18.5. The second kappa shape index (κ2) is 9.35. The number of nitrogens with zero attached hydrogens (tertiary/aromatic N) is 1. The molecule has 1 aliphatic rings. The lowest BCUT2D eigenvalue weighted by atomic mass is 9.80. The Morgan fingerprint density at radius 2 is 1.84 bits per heavy atom. The number of carbonyl (C=O) groups excluding carboxylic acids is 2. The number of hydrogen-bond donors (Lipinski definition) is 1. The summed E-state index contributed by atoms with van der Waals surface area (Å²) in [6.07, 6.45) is 0.440. The van der Waals surface area contributed by atoms with Crippen molar-refractivity contribution in [3.8, 4) is 16.9 Å². The van der Waals surface area contributed by atoms with Crippen LogP contribution in [0.25, 0.3) is 22.0 Å². The number of hydrogen-bond acceptors (Lipinski definition) is 5. The van der Waals surface area contributed by atoms with E-state index < -0.39 is 6.10 Å². The summed E-state index contributed by atoms with van der Waals surface area (Å²) in [5.74, 6) is -0.126. The van der Waals surface area contributed by atoms with E-state index in [9.17, 15) is 9.59 Å². The minimum Gasteiger partial charge on any atom is -0.481 e. The van der Waals surface area contributed by atoms with E-state index in [1.165, 1.54) is 7.11 Å². The Labute approximate surface area is 195 Å². The summed E-state index contributed by atoms with van der Waals surface area (Å²) in [4.78, 5) is 28.4. The Bertz CT molecular complexity index is 1180. The number of fused-ring (bicyclic) bond motifs is 1. The predicted octanol–water partition coefficient (Wildman–Crippen LogP) is 5.04. The summed E-state index contributed by atoms with van der Waals surface area (Å²) in [6.45, 7) is 1.68. The van der Waals surface area contributed by atoms with E-state index in [0.717, 1.165) is 16.5 Å². The van der Waals surface area contributed by atoms with E-state index in [4.69, 9.17) is 32.7 Å². The molecule has 1 N–H and O–H groups in total. The molecule has 1 saturated carbocycles. The summed E-state index contributed by atoms with van der Waals surface area (Å²) in [7, 11) is 1.37. The molecule has 32 heavy (non-hydrogen) atoms. The lowest BCUT2D eigenvalue weighted by Gasteiger charge is -2.34. The highest BCUT2D eigenvalue weighted by Gasteiger charge is 2.36. The molecule has 1 heterocycles. The minimum absolute atomic E-state index is 0.0482.